The monoisotopic (exact) mass is 473 g/mol. The standard InChI is InChI=1S/C33H33N2O/c1-33(2)29-15-9-10-16-30(29)35(5)32(33)23-27-22-25(28-14-8-11-17-31(28)36-27)13-7-6-12-24-18-20-26(21-19-24)34(3)4/h6-23H,1-5H3/q+1. The minimum atomic E-state index is -0.104. The maximum atomic E-state index is 6.35. The molecule has 0 fully saturated rings. The highest BCUT2D eigenvalue weighted by Gasteiger charge is 2.43. The van der Waals surface area contributed by atoms with Gasteiger partial charge in [-0.05, 0) is 49.3 Å². The SMILES string of the molecule is CN(C)c1ccc(C=CC=CC2=CC(=CC3=[N+](C)c4ccccc4C3(C)C)Oc3ccccc32)cc1. The van der Waals surface area contributed by atoms with E-state index in [1.165, 1.54) is 28.2 Å². The van der Waals surface area contributed by atoms with Crippen molar-refractivity contribution in [1.29, 1.82) is 0 Å². The first-order chi connectivity index (χ1) is 17.3. The van der Waals surface area contributed by atoms with Gasteiger partial charge >= 0.3 is 0 Å². The van der Waals surface area contributed by atoms with Gasteiger partial charge in [-0.15, -0.1) is 0 Å². The predicted molar refractivity (Wildman–Crippen MR) is 152 cm³/mol. The first-order valence-electron chi connectivity index (χ1n) is 12.4. The molecule has 0 spiro atoms. The quantitative estimate of drug-likeness (QED) is 0.284. The van der Waals surface area contributed by atoms with E-state index in [4.69, 9.17) is 4.74 Å². The van der Waals surface area contributed by atoms with E-state index in [1.54, 1.807) is 0 Å². The van der Waals surface area contributed by atoms with Gasteiger partial charge < -0.3 is 9.64 Å². The third-order valence-electron chi connectivity index (χ3n) is 7.03. The van der Waals surface area contributed by atoms with Gasteiger partial charge in [0.15, 0.2) is 5.71 Å². The lowest BCUT2D eigenvalue weighted by molar-refractivity contribution is -0.401. The van der Waals surface area contributed by atoms with Crippen molar-refractivity contribution in [2.45, 2.75) is 19.3 Å². The lowest BCUT2D eigenvalue weighted by atomic mass is 9.81. The molecule has 180 valence electrons. The lowest BCUT2D eigenvalue weighted by Gasteiger charge is -2.20. The topological polar surface area (TPSA) is 15.5 Å². The molecule has 2 heterocycles. The average molecular weight is 474 g/mol. The van der Waals surface area contributed by atoms with Gasteiger partial charge in [-0.1, -0.05) is 72.8 Å². The molecule has 0 aromatic heterocycles. The zero-order valence-electron chi connectivity index (χ0n) is 21.7. The highest BCUT2D eigenvalue weighted by atomic mass is 16.5. The molecule has 0 unspecified atom stereocenters. The molecular formula is C33H33N2O+. The van der Waals surface area contributed by atoms with E-state index >= 15 is 0 Å². The third-order valence-corrected chi connectivity index (χ3v) is 7.03. The van der Waals surface area contributed by atoms with Crippen LogP contribution in [-0.2, 0) is 5.41 Å². The van der Waals surface area contributed by atoms with Crippen LogP contribution in [-0.4, -0.2) is 31.4 Å². The molecule has 36 heavy (non-hydrogen) atoms. The van der Waals surface area contributed by atoms with Crippen LogP contribution in [0.3, 0.4) is 0 Å². The van der Waals surface area contributed by atoms with Crippen LogP contribution < -0.4 is 9.64 Å². The number of benzene rings is 3. The predicted octanol–water partition coefficient (Wildman–Crippen LogP) is 7.39. The van der Waals surface area contributed by atoms with Gasteiger partial charge in [0.1, 0.15) is 18.6 Å². The molecule has 0 saturated heterocycles. The molecule has 5 rings (SSSR count). The van der Waals surface area contributed by atoms with Gasteiger partial charge in [0.05, 0.1) is 5.41 Å². The van der Waals surface area contributed by atoms with Gasteiger partial charge in [0.25, 0.3) is 0 Å². The van der Waals surface area contributed by atoms with E-state index in [1.807, 2.05) is 12.1 Å². The Morgan fingerprint density at radius 3 is 2.28 bits per heavy atom. The zero-order valence-corrected chi connectivity index (χ0v) is 21.7. The van der Waals surface area contributed by atoms with E-state index in [-0.39, 0.29) is 5.41 Å². The smallest absolute Gasteiger partial charge is 0.209 e. The fraction of sp³-hybridized carbons (Fsp3) is 0.182. The summed E-state index contributed by atoms with van der Waals surface area (Å²) in [6.07, 6.45) is 12.8. The molecular weight excluding hydrogens is 440 g/mol. The number of hydrogen-bond donors (Lipinski definition) is 0. The van der Waals surface area contributed by atoms with Crippen LogP contribution in [0.1, 0.15) is 30.5 Å². The van der Waals surface area contributed by atoms with Gasteiger partial charge in [-0.25, -0.2) is 0 Å². The molecule has 2 aliphatic rings. The van der Waals surface area contributed by atoms with Crippen molar-refractivity contribution in [3.63, 3.8) is 0 Å². The second kappa shape index (κ2) is 9.50. The molecule has 3 heteroatoms. The molecule has 0 N–H and O–H groups in total. The summed E-state index contributed by atoms with van der Waals surface area (Å²) in [5.74, 6) is 1.73. The van der Waals surface area contributed by atoms with Crippen LogP contribution >= 0.6 is 0 Å². The minimum Gasteiger partial charge on any atom is -0.456 e. The Bertz CT molecular complexity index is 1450. The highest BCUT2D eigenvalue weighted by Crippen LogP contribution is 2.40. The van der Waals surface area contributed by atoms with Crippen molar-refractivity contribution < 1.29 is 9.31 Å². The van der Waals surface area contributed by atoms with Crippen LogP contribution in [0.5, 0.6) is 5.75 Å². The number of para-hydroxylation sites is 2. The number of ether oxygens (including phenoxy) is 1. The number of allylic oxidation sites excluding steroid dienone is 6. The normalized spacial score (nSPS) is 17.4. The molecule has 2 aliphatic heterocycles. The van der Waals surface area contributed by atoms with Crippen molar-refractivity contribution in [3.8, 4) is 5.75 Å². The van der Waals surface area contributed by atoms with Crippen LogP contribution in [0, 0.1) is 0 Å². The minimum absolute atomic E-state index is 0.104. The van der Waals surface area contributed by atoms with Gasteiger partial charge in [0, 0.05) is 43.1 Å². The Morgan fingerprint density at radius 1 is 0.833 bits per heavy atom. The van der Waals surface area contributed by atoms with Crippen LogP contribution in [0.2, 0.25) is 0 Å². The number of rotatable bonds is 5. The third kappa shape index (κ3) is 4.45. The fourth-order valence-electron chi connectivity index (χ4n) is 4.99. The molecule has 0 radical (unpaired) electrons. The molecule has 0 saturated carbocycles. The second-order valence-electron chi connectivity index (χ2n) is 10.0. The van der Waals surface area contributed by atoms with E-state index in [2.05, 4.69) is 142 Å². The average Bonchev–Trinajstić information content (AvgIpc) is 3.07. The summed E-state index contributed by atoms with van der Waals surface area (Å²) >= 11 is 0. The number of fused-ring (bicyclic) bond motifs is 2. The van der Waals surface area contributed by atoms with Crippen LogP contribution in [0.4, 0.5) is 11.4 Å². The van der Waals surface area contributed by atoms with Crippen LogP contribution in [0.15, 0.2) is 109 Å². The number of hydrogen-bond acceptors (Lipinski definition) is 2. The molecule has 3 aromatic rings. The summed E-state index contributed by atoms with van der Waals surface area (Å²) in [5, 5.41) is 0. The van der Waals surface area contributed by atoms with Crippen molar-refractivity contribution in [3.05, 3.63) is 126 Å². The Balaban J connectivity index is 1.45. The molecule has 0 amide bonds. The Kier molecular flexibility index (Phi) is 6.24. The summed E-state index contributed by atoms with van der Waals surface area (Å²) in [6.45, 7) is 4.55. The maximum absolute atomic E-state index is 6.35. The second-order valence-corrected chi connectivity index (χ2v) is 10.0. The summed E-state index contributed by atoms with van der Waals surface area (Å²) in [7, 11) is 6.24. The van der Waals surface area contributed by atoms with E-state index in [0.29, 0.717) is 0 Å². The summed E-state index contributed by atoms with van der Waals surface area (Å²) in [5.41, 5.74) is 8.31. The van der Waals surface area contributed by atoms with Crippen molar-refractivity contribution in [2.75, 3.05) is 26.0 Å². The number of anilines is 1. The van der Waals surface area contributed by atoms with Crippen molar-refractivity contribution in [2.24, 2.45) is 0 Å². The lowest BCUT2D eigenvalue weighted by Crippen LogP contribution is -2.27. The maximum Gasteiger partial charge on any atom is 0.209 e. The highest BCUT2D eigenvalue weighted by molar-refractivity contribution is 6.04. The largest absolute Gasteiger partial charge is 0.456 e. The first-order valence-corrected chi connectivity index (χ1v) is 12.4. The van der Waals surface area contributed by atoms with Gasteiger partial charge in [0.2, 0.25) is 5.69 Å². The Morgan fingerprint density at radius 2 is 1.53 bits per heavy atom. The van der Waals surface area contributed by atoms with E-state index < -0.39 is 0 Å². The van der Waals surface area contributed by atoms with Gasteiger partial charge in [-0.3, -0.25) is 0 Å². The zero-order chi connectivity index (χ0) is 25.3. The molecule has 0 bridgehead atoms. The summed E-state index contributed by atoms with van der Waals surface area (Å²) in [6, 6.07) is 25.4. The summed E-state index contributed by atoms with van der Waals surface area (Å²) < 4.78 is 8.63. The molecule has 3 aromatic carbocycles. The fourth-order valence-corrected chi connectivity index (χ4v) is 4.99. The number of nitrogens with zero attached hydrogens (tertiary/aromatic N) is 2. The van der Waals surface area contributed by atoms with Gasteiger partial charge in [-0.2, -0.15) is 4.58 Å². The van der Waals surface area contributed by atoms with E-state index in [0.717, 1.165) is 22.6 Å². The Hall–Kier alpha value is -4.11. The van der Waals surface area contributed by atoms with Crippen molar-refractivity contribution >= 4 is 28.7 Å². The first kappa shape index (κ1) is 23.6. The van der Waals surface area contributed by atoms with Crippen molar-refractivity contribution in [1.82, 2.24) is 0 Å². The van der Waals surface area contributed by atoms with E-state index in [9.17, 15) is 0 Å². The summed E-state index contributed by atoms with van der Waals surface area (Å²) in [4.78, 5) is 2.11. The molecule has 0 aliphatic carbocycles. The van der Waals surface area contributed by atoms with Crippen LogP contribution in [0.25, 0.3) is 11.6 Å². The molecule has 0 atom stereocenters. The molecule has 3 nitrogen and oxygen atoms in total. The Labute approximate surface area is 214 Å².